The maximum absolute atomic E-state index is 13.0. The molecule has 1 aliphatic rings. The van der Waals surface area contributed by atoms with Crippen LogP contribution in [0.1, 0.15) is 43.6 Å². The van der Waals surface area contributed by atoms with Gasteiger partial charge in [0.05, 0.1) is 16.0 Å². The minimum atomic E-state index is -0.682. The number of anilines is 2. The number of benzene rings is 2. The minimum Gasteiger partial charge on any atom is -0.490 e. The van der Waals surface area contributed by atoms with Crippen LogP contribution < -0.4 is 15.0 Å². The van der Waals surface area contributed by atoms with Gasteiger partial charge in [0.2, 0.25) is 5.91 Å². The van der Waals surface area contributed by atoms with Crippen molar-refractivity contribution >= 4 is 28.9 Å². The summed E-state index contributed by atoms with van der Waals surface area (Å²) in [6.45, 7) is 10.2. The van der Waals surface area contributed by atoms with Gasteiger partial charge >= 0.3 is 0 Å². The van der Waals surface area contributed by atoms with Gasteiger partial charge in [-0.2, -0.15) is 0 Å². The third kappa shape index (κ3) is 4.68. The number of nitro benzene ring substituents is 1. The monoisotopic (exact) mass is 425 g/mol. The van der Waals surface area contributed by atoms with Gasteiger partial charge in [0.1, 0.15) is 12.4 Å². The molecular weight excluding hydrogens is 398 g/mol. The number of hydrogen-bond donors (Lipinski definition) is 1. The Morgan fingerprint density at radius 3 is 2.61 bits per heavy atom. The predicted octanol–water partition coefficient (Wildman–Crippen LogP) is 4.56. The van der Waals surface area contributed by atoms with E-state index < -0.39 is 16.2 Å². The Bertz CT molecular complexity index is 1050. The Labute approximate surface area is 181 Å². The first-order chi connectivity index (χ1) is 14.5. The molecule has 0 aromatic heterocycles. The van der Waals surface area contributed by atoms with Gasteiger partial charge in [-0.05, 0) is 44.9 Å². The quantitative estimate of drug-likeness (QED) is 0.559. The van der Waals surface area contributed by atoms with Crippen LogP contribution in [0.2, 0.25) is 0 Å². The maximum Gasteiger partial charge on any atom is 0.273 e. The fraction of sp³-hybridized carbons (Fsp3) is 0.391. The number of amides is 2. The van der Waals surface area contributed by atoms with E-state index in [-0.39, 0.29) is 29.7 Å². The van der Waals surface area contributed by atoms with Crippen molar-refractivity contribution in [2.24, 2.45) is 11.3 Å². The topological polar surface area (TPSA) is 102 Å². The molecule has 2 aromatic rings. The molecule has 0 saturated carbocycles. The highest BCUT2D eigenvalue weighted by Gasteiger charge is 2.38. The number of carbonyl (C=O) groups is 2. The maximum atomic E-state index is 13.0. The zero-order chi connectivity index (χ0) is 22.9. The Balaban J connectivity index is 1.90. The first kappa shape index (κ1) is 22.3. The molecule has 0 radical (unpaired) electrons. The second-order valence-electron chi connectivity index (χ2n) is 8.88. The average Bonchev–Trinajstić information content (AvgIpc) is 2.78. The molecule has 0 aliphatic carbocycles. The molecule has 0 saturated heterocycles. The number of aryl methyl sites for hydroxylation is 1. The van der Waals surface area contributed by atoms with E-state index in [2.05, 4.69) is 5.32 Å². The fourth-order valence-corrected chi connectivity index (χ4v) is 3.42. The van der Waals surface area contributed by atoms with Crippen LogP contribution in [-0.4, -0.2) is 29.9 Å². The smallest absolute Gasteiger partial charge is 0.273 e. The van der Waals surface area contributed by atoms with E-state index >= 15 is 0 Å². The Morgan fingerprint density at radius 2 is 1.97 bits per heavy atom. The molecule has 0 fully saturated rings. The van der Waals surface area contributed by atoms with E-state index in [0.717, 1.165) is 0 Å². The summed E-state index contributed by atoms with van der Waals surface area (Å²) in [5.41, 5.74) is 1.02. The number of nitrogens with one attached hydrogen (secondary N) is 1. The Morgan fingerprint density at radius 1 is 1.26 bits per heavy atom. The van der Waals surface area contributed by atoms with Crippen LogP contribution in [0.5, 0.6) is 5.75 Å². The first-order valence-electron chi connectivity index (χ1n) is 10.1. The number of nitrogens with zero attached hydrogens (tertiary/aromatic N) is 2. The standard InChI is InChI=1S/C23H27N3O5/c1-14(2)12-25-18-9-8-17(11-20(18)31-13-23(4,5)22(25)28)24-21(27)16-7-6-15(3)19(10-16)26(29)30/h6-11,14H,12-13H2,1-5H3,(H,24,27). The van der Waals surface area contributed by atoms with Crippen LogP contribution >= 0.6 is 0 Å². The van der Waals surface area contributed by atoms with Crippen molar-refractivity contribution in [3.05, 3.63) is 57.6 Å². The zero-order valence-corrected chi connectivity index (χ0v) is 18.4. The summed E-state index contributed by atoms with van der Waals surface area (Å²) in [6.07, 6.45) is 0. The Hall–Kier alpha value is -3.42. The summed E-state index contributed by atoms with van der Waals surface area (Å²) >= 11 is 0. The van der Waals surface area contributed by atoms with Crippen molar-refractivity contribution in [2.45, 2.75) is 34.6 Å². The van der Waals surface area contributed by atoms with Gasteiger partial charge < -0.3 is 15.0 Å². The van der Waals surface area contributed by atoms with Crippen molar-refractivity contribution < 1.29 is 19.2 Å². The highest BCUT2D eigenvalue weighted by atomic mass is 16.6. The van der Waals surface area contributed by atoms with Gasteiger partial charge in [-0.1, -0.05) is 19.9 Å². The molecule has 2 aromatic carbocycles. The molecule has 2 amide bonds. The lowest BCUT2D eigenvalue weighted by Crippen LogP contribution is -2.43. The lowest BCUT2D eigenvalue weighted by Gasteiger charge is -2.29. The van der Waals surface area contributed by atoms with Gasteiger partial charge in [-0.15, -0.1) is 0 Å². The zero-order valence-electron chi connectivity index (χ0n) is 18.4. The summed E-state index contributed by atoms with van der Waals surface area (Å²) in [5.74, 6) is 0.297. The minimum absolute atomic E-state index is 0.0105. The average molecular weight is 425 g/mol. The van der Waals surface area contributed by atoms with Gasteiger partial charge in [0, 0.05) is 35.5 Å². The van der Waals surface area contributed by atoms with Crippen molar-refractivity contribution in [2.75, 3.05) is 23.4 Å². The van der Waals surface area contributed by atoms with E-state index in [1.54, 1.807) is 42.2 Å². The van der Waals surface area contributed by atoms with E-state index in [9.17, 15) is 19.7 Å². The summed E-state index contributed by atoms with van der Waals surface area (Å²) in [7, 11) is 0. The van der Waals surface area contributed by atoms with Crippen LogP contribution in [0, 0.1) is 28.4 Å². The van der Waals surface area contributed by atoms with Crippen molar-refractivity contribution in [3.63, 3.8) is 0 Å². The number of hydrogen-bond acceptors (Lipinski definition) is 5. The van der Waals surface area contributed by atoms with Crippen LogP contribution in [0.3, 0.4) is 0 Å². The normalized spacial score (nSPS) is 15.2. The van der Waals surface area contributed by atoms with Crippen molar-refractivity contribution in [1.82, 2.24) is 0 Å². The molecule has 0 atom stereocenters. The molecule has 8 heteroatoms. The van der Waals surface area contributed by atoms with Gasteiger partial charge in [-0.25, -0.2) is 0 Å². The second kappa shape index (κ2) is 8.37. The number of carbonyl (C=O) groups excluding carboxylic acids is 2. The summed E-state index contributed by atoms with van der Waals surface area (Å²) in [6, 6.07) is 9.48. The van der Waals surface area contributed by atoms with Gasteiger partial charge in [-0.3, -0.25) is 19.7 Å². The number of ether oxygens (including phenoxy) is 1. The number of nitro groups is 1. The van der Waals surface area contributed by atoms with Crippen LogP contribution in [0.25, 0.3) is 0 Å². The Kier molecular flexibility index (Phi) is 6.01. The van der Waals surface area contributed by atoms with E-state index in [1.807, 2.05) is 27.7 Å². The van der Waals surface area contributed by atoms with Crippen LogP contribution in [-0.2, 0) is 4.79 Å². The fourth-order valence-electron chi connectivity index (χ4n) is 3.42. The van der Waals surface area contributed by atoms with Gasteiger partial charge in [0.15, 0.2) is 0 Å². The molecule has 1 aliphatic heterocycles. The predicted molar refractivity (Wildman–Crippen MR) is 119 cm³/mol. The first-order valence-corrected chi connectivity index (χ1v) is 10.1. The van der Waals surface area contributed by atoms with Crippen molar-refractivity contribution in [1.29, 1.82) is 0 Å². The number of rotatable bonds is 5. The second-order valence-corrected chi connectivity index (χ2v) is 8.88. The number of fused-ring (bicyclic) bond motifs is 1. The highest BCUT2D eigenvalue weighted by molar-refractivity contribution is 6.05. The largest absolute Gasteiger partial charge is 0.490 e. The van der Waals surface area contributed by atoms with Crippen LogP contribution in [0.4, 0.5) is 17.1 Å². The van der Waals surface area contributed by atoms with E-state index in [0.29, 0.717) is 29.2 Å². The van der Waals surface area contributed by atoms with Crippen molar-refractivity contribution in [3.8, 4) is 5.75 Å². The SMILES string of the molecule is Cc1ccc(C(=O)Nc2ccc3c(c2)OCC(C)(C)C(=O)N3CC(C)C)cc1[N+](=O)[O-]. The van der Waals surface area contributed by atoms with E-state index in [1.165, 1.54) is 6.07 Å². The molecule has 0 bridgehead atoms. The summed E-state index contributed by atoms with van der Waals surface area (Å²) in [4.78, 5) is 38.1. The molecule has 31 heavy (non-hydrogen) atoms. The third-order valence-corrected chi connectivity index (χ3v) is 5.14. The summed E-state index contributed by atoms with van der Waals surface area (Å²) < 4.78 is 5.94. The van der Waals surface area contributed by atoms with E-state index in [4.69, 9.17) is 4.74 Å². The molecule has 164 valence electrons. The molecule has 8 nitrogen and oxygen atoms in total. The van der Waals surface area contributed by atoms with Gasteiger partial charge in [0.25, 0.3) is 11.6 Å². The molecule has 1 N–H and O–H groups in total. The third-order valence-electron chi connectivity index (χ3n) is 5.14. The highest BCUT2D eigenvalue weighted by Crippen LogP contribution is 2.38. The molecule has 0 spiro atoms. The van der Waals surface area contributed by atoms with Crippen LogP contribution in [0.15, 0.2) is 36.4 Å². The molecular formula is C23H27N3O5. The molecule has 1 heterocycles. The molecule has 3 rings (SSSR count). The lowest BCUT2D eigenvalue weighted by atomic mass is 9.92. The lowest BCUT2D eigenvalue weighted by molar-refractivity contribution is -0.385. The summed E-state index contributed by atoms with van der Waals surface area (Å²) in [5, 5.41) is 13.9. The molecule has 0 unspecified atom stereocenters.